The summed E-state index contributed by atoms with van der Waals surface area (Å²) in [6.07, 6.45) is 0. The quantitative estimate of drug-likeness (QED) is 0.666. The molecule has 0 atom stereocenters. The van der Waals surface area contributed by atoms with Crippen molar-refractivity contribution < 1.29 is 0 Å². The van der Waals surface area contributed by atoms with Crippen molar-refractivity contribution in [2.24, 2.45) is 5.73 Å². The Labute approximate surface area is 111 Å². The van der Waals surface area contributed by atoms with Crippen LogP contribution in [0.4, 0.5) is 0 Å². The molecule has 0 saturated carbocycles. The van der Waals surface area contributed by atoms with Crippen molar-refractivity contribution in [3.63, 3.8) is 0 Å². The zero-order valence-electron chi connectivity index (χ0n) is 8.24. The van der Waals surface area contributed by atoms with Crippen LogP contribution in [-0.4, -0.2) is 5.84 Å². The Balaban J connectivity index is 2.24. The third kappa shape index (κ3) is 2.66. The summed E-state index contributed by atoms with van der Waals surface area (Å²) in [6, 6.07) is 9.95. The standard InChI is InChI=1S/C11H9BrN2S2/c12-9-6-7(3-4-8(9)11(13)14)16-10-2-1-5-15-10/h1-6H,(H3,13,14). The third-order valence-corrected chi connectivity index (χ3v) is 4.63. The molecule has 5 heteroatoms. The average Bonchev–Trinajstić information content (AvgIpc) is 2.70. The van der Waals surface area contributed by atoms with E-state index in [1.165, 1.54) is 4.21 Å². The maximum atomic E-state index is 7.39. The van der Waals surface area contributed by atoms with Crippen LogP contribution in [0, 0.1) is 5.41 Å². The SMILES string of the molecule is N=C(N)c1ccc(Sc2cccs2)cc1Br. The minimum absolute atomic E-state index is 0.0829. The molecule has 0 unspecified atom stereocenters. The molecule has 1 aromatic heterocycles. The Bertz CT molecular complexity index is 509. The van der Waals surface area contributed by atoms with Gasteiger partial charge < -0.3 is 5.73 Å². The molecule has 0 bridgehead atoms. The summed E-state index contributed by atoms with van der Waals surface area (Å²) in [5.74, 6) is 0.0829. The third-order valence-electron chi connectivity index (χ3n) is 1.94. The van der Waals surface area contributed by atoms with E-state index in [1.54, 1.807) is 23.1 Å². The van der Waals surface area contributed by atoms with Crippen molar-refractivity contribution in [3.8, 4) is 0 Å². The number of benzene rings is 1. The zero-order valence-corrected chi connectivity index (χ0v) is 11.5. The Morgan fingerprint density at radius 1 is 1.38 bits per heavy atom. The Hall–Kier alpha value is -0.780. The van der Waals surface area contributed by atoms with Gasteiger partial charge in [-0.05, 0) is 45.6 Å². The van der Waals surface area contributed by atoms with Gasteiger partial charge in [0, 0.05) is 14.9 Å². The predicted octanol–water partition coefficient (Wildman–Crippen LogP) is 3.95. The van der Waals surface area contributed by atoms with E-state index in [9.17, 15) is 0 Å². The lowest BCUT2D eigenvalue weighted by Gasteiger charge is -2.04. The minimum atomic E-state index is 0.0829. The monoisotopic (exact) mass is 312 g/mol. The van der Waals surface area contributed by atoms with Crippen molar-refractivity contribution in [2.75, 3.05) is 0 Å². The number of hydrogen-bond donors (Lipinski definition) is 2. The van der Waals surface area contributed by atoms with E-state index in [1.807, 2.05) is 24.3 Å². The molecule has 0 aliphatic rings. The van der Waals surface area contributed by atoms with E-state index in [0.717, 1.165) is 14.9 Å². The van der Waals surface area contributed by atoms with Gasteiger partial charge in [0.15, 0.2) is 0 Å². The molecule has 0 aliphatic heterocycles. The van der Waals surface area contributed by atoms with Gasteiger partial charge >= 0.3 is 0 Å². The largest absolute Gasteiger partial charge is 0.384 e. The molecule has 0 aliphatic carbocycles. The van der Waals surface area contributed by atoms with Gasteiger partial charge in [-0.1, -0.05) is 17.8 Å². The summed E-state index contributed by atoms with van der Waals surface area (Å²) in [6.45, 7) is 0. The second kappa shape index (κ2) is 5.03. The Kier molecular flexibility index (Phi) is 3.68. The van der Waals surface area contributed by atoms with Crippen LogP contribution in [-0.2, 0) is 0 Å². The van der Waals surface area contributed by atoms with E-state index in [0.29, 0.717) is 0 Å². The minimum Gasteiger partial charge on any atom is -0.384 e. The molecular formula is C11H9BrN2S2. The molecule has 0 fully saturated rings. The maximum Gasteiger partial charge on any atom is 0.123 e. The molecule has 3 N–H and O–H groups in total. The molecule has 2 nitrogen and oxygen atoms in total. The van der Waals surface area contributed by atoms with Gasteiger partial charge in [-0.25, -0.2) is 0 Å². The average molecular weight is 313 g/mol. The molecule has 2 aromatic rings. The van der Waals surface area contributed by atoms with Crippen LogP contribution < -0.4 is 5.73 Å². The molecule has 0 amide bonds. The number of nitrogens with two attached hydrogens (primary N) is 1. The van der Waals surface area contributed by atoms with Gasteiger partial charge in [-0.3, -0.25) is 5.41 Å². The van der Waals surface area contributed by atoms with E-state index in [-0.39, 0.29) is 5.84 Å². The van der Waals surface area contributed by atoms with Crippen LogP contribution in [0.5, 0.6) is 0 Å². The first-order valence-electron chi connectivity index (χ1n) is 4.52. The van der Waals surface area contributed by atoms with E-state index < -0.39 is 0 Å². The molecule has 1 heterocycles. The zero-order chi connectivity index (χ0) is 11.5. The van der Waals surface area contributed by atoms with Crippen molar-refractivity contribution >= 4 is 44.9 Å². The van der Waals surface area contributed by atoms with Crippen LogP contribution >= 0.6 is 39.0 Å². The fraction of sp³-hybridized carbons (Fsp3) is 0. The normalized spacial score (nSPS) is 10.3. The van der Waals surface area contributed by atoms with Gasteiger partial charge in [0.2, 0.25) is 0 Å². The van der Waals surface area contributed by atoms with Gasteiger partial charge in [0.25, 0.3) is 0 Å². The summed E-state index contributed by atoms with van der Waals surface area (Å²) in [7, 11) is 0. The molecule has 0 spiro atoms. The fourth-order valence-corrected chi connectivity index (χ4v) is 3.75. The van der Waals surface area contributed by atoms with Crippen LogP contribution in [0.2, 0.25) is 0 Å². The molecule has 16 heavy (non-hydrogen) atoms. The molecule has 2 rings (SSSR count). The summed E-state index contributed by atoms with van der Waals surface area (Å²) in [5.41, 5.74) is 6.18. The number of halogens is 1. The number of nitrogen functional groups attached to an aromatic ring is 1. The smallest absolute Gasteiger partial charge is 0.123 e. The summed E-state index contributed by atoms with van der Waals surface area (Å²) in [5, 5.41) is 9.44. The van der Waals surface area contributed by atoms with Gasteiger partial charge in [0.1, 0.15) is 5.84 Å². The number of hydrogen-bond acceptors (Lipinski definition) is 3. The first-order chi connectivity index (χ1) is 7.66. The number of thiophene rings is 1. The van der Waals surface area contributed by atoms with E-state index >= 15 is 0 Å². The lowest BCUT2D eigenvalue weighted by atomic mass is 10.2. The lowest BCUT2D eigenvalue weighted by molar-refractivity contribution is 1.36. The van der Waals surface area contributed by atoms with E-state index in [2.05, 4.69) is 27.4 Å². The first kappa shape index (κ1) is 11.7. The van der Waals surface area contributed by atoms with Gasteiger partial charge in [-0.2, -0.15) is 0 Å². The highest BCUT2D eigenvalue weighted by Crippen LogP contribution is 2.33. The molecule has 1 aromatic carbocycles. The number of amidine groups is 1. The first-order valence-corrected chi connectivity index (χ1v) is 7.01. The topological polar surface area (TPSA) is 49.9 Å². The highest BCUT2D eigenvalue weighted by atomic mass is 79.9. The van der Waals surface area contributed by atoms with Crippen molar-refractivity contribution in [1.82, 2.24) is 0 Å². The molecular weight excluding hydrogens is 304 g/mol. The van der Waals surface area contributed by atoms with Gasteiger partial charge in [-0.15, -0.1) is 11.3 Å². The van der Waals surface area contributed by atoms with Crippen LogP contribution in [0.3, 0.4) is 0 Å². The second-order valence-corrected chi connectivity index (χ2v) is 6.27. The summed E-state index contributed by atoms with van der Waals surface area (Å²) in [4.78, 5) is 1.14. The highest BCUT2D eigenvalue weighted by Gasteiger charge is 2.05. The number of rotatable bonds is 3. The second-order valence-electron chi connectivity index (χ2n) is 3.09. The number of nitrogens with one attached hydrogen (secondary N) is 1. The molecule has 0 saturated heterocycles. The summed E-state index contributed by atoms with van der Waals surface area (Å²) >= 11 is 6.84. The fourth-order valence-electron chi connectivity index (χ4n) is 1.22. The van der Waals surface area contributed by atoms with Crippen LogP contribution in [0.1, 0.15) is 5.56 Å². The summed E-state index contributed by atoms with van der Waals surface area (Å²) < 4.78 is 2.11. The Morgan fingerprint density at radius 2 is 2.19 bits per heavy atom. The highest BCUT2D eigenvalue weighted by molar-refractivity contribution is 9.10. The van der Waals surface area contributed by atoms with Crippen molar-refractivity contribution in [2.45, 2.75) is 9.10 Å². The van der Waals surface area contributed by atoms with Gasteiger partial charge in [0.05, 0.1) is 4.21 Å². The van der Waals surface area contributed by atoms with Crippen LogP contribution in [0.25, 0.3) is 0 Å². The molecule has 0 radical (unpaired) electrons. The maximum absolute atomic E-state index is 7.39. The lowest BCUT2D eigenvalue weighted by Crippen LogP contribution is -2.11. The van der Waals surface area contributed by atoms with Crippen LogP contribution in [0.15, 0.2) is 49.3 Å². The molecule has 82 valence electrons. The van der Waals surface area contributed by atoms with Crippen molar-refractivity contribution in [3.05, 3.63) is 45.7 Å². The van der Waals surface area contributed by atoms with E-state index in [4.69, 9.17) is 11.1 Å². The van der Waals surface area contributed by atoms with Crippen molar-refractivity contribution in [1.29, 1.82) is 5.41 Å². The Morgan fingerprint density at radius 3 is 2.75 bits per heavy atom. The predicted molar refractivity (Wildman–Crippen MR) is 73.6 cm³/mol.